The summed E-state index contributed by atoms with van der Waals surface area (Å²) >= 11 is 0. The molecule has 5 nitrogen and oxygen atoms in total. The van der Waals surface area contributed by atoms with Crippen molar-refractivity contribution in [3.8, 4) is 0 Å². The average molecular weight is 241 g/mol. The maximum atomic E-state index is 4.03. The van der Waals surface area contributed by atoms with Crippen LogP contribution in [0.15, 0.2) is 36.9 Å². The fourth-order valence-electron chi connectivity index (χ4n) is 2.20. The van der Waals surface area contributed by atoms with Crippen LogP contribution < -0.4 is 10.6 Å². The van der Waals surface area contributed by atoms with Gasteiger partial charge in [0.2, 0.25) is 5.95 Å². The van der Waals surface area contributed by atoms with Crippen LogP contribution >= 0.6 is 0 Å². The van der Waals surface area contributed by atoms with Gasteiger partial charge in [-0.2, -0.15) is 0 Å². The predicted molar refractivity (Wildman–Crippen MR) is 69.5 cm³/mol. The Labute approximate surface area is 106 Å². The first-order chi connectivity index (χ1) is 8.92. The Kier molecular flexibility index (Phi) is 3.14. The fraction of sp³-hybridized carbons (Fsp3) is 0.308. The van der Waals surface area contributed by atoms with Crippen LogP contribution in [-0.2, 0) is 0 Å². The van der Waals surface area contributed by atoms with Gasteiger partial charge in [-0.05, 0) is 37.1 Å². The Balaban J connectivity index is 1.71. The van der Waals surface area contributed by atoms with Crippen LogP contribution in [0.5, 0.6) is 0 Å². The van der Waals surface area contributed by atoms with Gasteiger partial charge in [-0.3, -0.25) is 0 Å². The van der Waals surface area contributed by atoms with Crippen molar-refractivity contribution in [2.45, 2.75) is 18.9 Å². The van der Waals surface area contributed by atoms with Gasteiger partial charge in [0.05, 0.1) is 0 Å². The molecule has 1 aromatic carbocycles. The molecule has 1 aromatic heterocycles. The molecule has 0 saturated carbocycles. The molecule has 0 amide bonds. The number of nitrogens with zero attached hydrogens (tertiary/aromatic N) is 3. The average Bonchev–Trinajstić information content (AvgIpc) is 2.95. The van der Waals surface area contributed by atoms with E-state index in [1.165, 1.54) is 31.1 Å². The van der Waals surface area contributed by atoms with E-state index < -0.39 is 0 Å². The third kappa shape index (κ3) is 2.46. The highest BCUT2D eigenvalue weighted by molar-refractivity contribution is 5.53. The molecule has 0 spiro atoms. The zero-order chi connectivity index (χ0) is 12.2. The molecule has 0 aliphatic carbocycles. The second-order valence-corrected chi connectivity index (χ2v) is 4.36. The van der Waals surface area contributed by atoms with Crippen molar-refractivity contribution >= 4 is 11.6 Å². The summed E-state index contributed by atoms with van der Waals surface area (Å²) in [6.45, 7) is 1.12. The molecule has 18 heavy (non-hydrogen) atoms. The lowest BCUT2D eigenvalue weighted by atomic mass is 10.1. The van der Waals surface area contributed by atoms with Gasteiger partial charge in [0.15, 0.2) is 0 Å². The maximum absolute atomic E-state index is 4.03. The number of benzene rings is 1. The van der Waals surface area contributed by atoms with Crippen LogP contribution in [0, 0.1) is 0 Å². The van der Waals surface area contributed by atoms with E-state index in [-0.39, 0.29) is 0 Å². The van der Waals surface area contributed by atoms with Crippen molar-refractivity contribution in [3.63, 3.8) is 0 Å². The van der Waals surface area contributed by atoms with Crippen molar-refractivity contribution < 1.29 is 0 Å². The number of aromatic nitrogens is 3. The first kappa shape index (κ1) is 11.1. The quantitative estimate of drug-likeness (QED) is 0.861. The molecule has 1 fully saturated rings. The van der Waals surface area contributed by atoms with E-state index in [4.69, 9.17) is 0 Å². The minimum absolute atomic E-state index is 0.510. The number of rotatable bonds is 3. The summed E-state index contributed by atoms with van der Waals surface area (Å²) in [6.07, 6.45) is 5.44. The van der Waals surface area contributed by atoms with E-state index in [1.54, 1.807) is 0 Å². The second kappa shape index (κ2) is 5.10. The van der Waals surface area contributed by atoms with E-state index in [0.29, 0.717) is 12.0 Å². The van der Waals surface area contributed by atoms with Crippen molar-refractivity contribution in [1.29, 1.82) is 0 Å². The lowest BCUT2D eigenvalue weighted by Crippen LogP contribution is -2.12. The monoisotopic (exact) mass is 241 g/mol. The SMILES string of the molecule is c1ncnc(Nc2ccc([C@H]3CCCN3)cc2)n1. The predicted octanol–water partition coefficient (Wildman–Crippen LogP) is 2.04. The molecular weight excluding hydrogens is 226 g/mol. The van der Waals surface area contributed by atoms with Gasteiger partial charge in [0.1, 0.15) is 12.7 Å². The molecule has 2 N–H and O–H groups in total. The summed E-state index contributed by atoms with van der Waals surface area (Å²) in [7, 11) is 0. The van der Waals surface area contributed by atoms with Crippen LogP contribution in [0.1, 0.15) is 24.4 Å². The molecule has 1 aliphatic rings. The molecule has 5 heteroatoms. The van der Waals surface area contributed by atoms with Crippen molar-refractivity contribution in [2.75, 3.05) is 11.9 Å². The third-order valence-electron chi connectivity index (χ3n) is 3.12. The van der Waals surface area contributed by atoms with E-state index in [9.17, 15) is 0 Å². The van der Waals surface area contributed by atoms with E-state index in [2.05, 4.69) is 49.9 Å². The highest BCUT2D eigenvalue weighted by Crippen LogP contribution is 2.24. The summed E-state index contributed by atoms with van der Waals surface area (Å²) in [5.74, 6) is 0.566. The van der Waals surface area contributed by atoms with Crippen molar-refractivity contribution in [3.05, 3.63) is 42.5 Å². The highest BCUT2D eigenvalue weighted by atomic mass is 15.1. The van der Waals surface area contributed by atoms with Gasteiger partial charge < -0.3 is 10.6 Å². The van der Waals surface area contributed by atoms with E-state index in [1.807, 2.05) is 0 Å². The number of hydrogen-bond donors (Lipinski definition) is 2. The molecule has 0 radical (unpaired) electrons. The molecule has 2 aromatic rings. The second-order valence-electron chi connectivity index (χ2n) is 4.36. The molecule has 1 saturated heterocycles. The summed E-state index contributed by atoms with van der Waals surface area (Å²) in [6, 6.07) is 8.91. The Bertz CT molecular complexity index is 491. The van der Waals surface area contributed by atoms with Crippen LogP contribution in [0.25, 0.3) is 0 Å². The molecule has 1 atom stereocenters. The number of anilines is 2. The first-order valence-corrected chi connectivity index (χ1v) is 6.14. The fourth-order valence-corrected chi connectivity index (χ4v) is 2.20. The van der Waals surface area contributed by atoms with Crippen LogP contribution in [0.4, 0.5) is 11.6 Å². The Morgan fingerprint density at radius 2 is 1.89 bits per heavy atom. The molecule has 0 unspecified atom stereocenters. The maximum Gasteiger partial charge on any atom is 0.230 e. The van der Waals surface area contributed by atoms with Gasteiger partial charge in [-0.1, -0.05) is 12.1 Å². The van der Waals surface area contributed by atoms with Gasteiger partial charge in [0.25, 0.3) is 0 Å². The first-order valence-electron chi connectivity index (χ1n) is 6.14. The van der Waals surface area contributed by atoms with Gasteiger partial charge in [-0.15, -0.1) is 0 Å². The lowest BCUT2D eigenvalue weighted by molar-refractivity contribution is 0.648. The van der Waals surface area contributed by atoms with Crippen LogP contribution in [0.2, 0.25) is 0 Å². The van der Waals surface area contributed by atoms with E-state index >= 15 is 0 Å². The summed E-state index contributed by atoms with van der Waals surface area (Å²) in [5, 5.41) is 6.63. The number of nitrogens with one attached hydrogen (secondary N) is 2. The van der Waals surface area contributed by atoms with Gasteiger partial charge in [-0.25, -0.2) is 15.0 Å². The largest absolute Gasteiger partial charge is 0.324 e. The van der Waals surface area contributed by atoms with Gasteiger partial charge >= 0.3 is 0 Å². The standard InChI is InChI=1S/C13H15N5/c1-2-12(15-7-1)10-3-5-11(6-4-10)18-13-16-8-14-9-17-13/h3-6,8-9,12,15H,1-2,7H2,(H,14,16,17,18)/t12-/m1/s1. The zero-order valence-electron chi connectivity index (χ0n) is 10.0. The summed E-state index contributed by atoms with van der Waals surface area (Å²) < 4.78 is 0. The Hall–Kier alpha value is -2.01. The molecule has 3 rings (SSSR count). The molecule has 2 heterocycles. The molecule has 0 bridgehead atoms. The summed E-state index contributed by atoms with van der Waals surface area (Å²) in [5.41, 5.74) is 2.33. The van der Waals surface area contributed by atoms with Gasteiger partial charge in [0, 0.05) is 11.7 Å². The summed E-state index contributed by atoms with van der Waals surface area (Å²) in [4.78, 5) is 11.8. The van der Waals surface area contributed by atoms with Crippen molar-refractivity contribution in [1.82, 2.24) is 20.3 Å². The molecule has 92 valence electrons. The lowest BCUT2D eigenvalue weighted by Gasteiger charge is -2.11. The number of hydrogen-bond acceptors (Lipinski definition) is 5. The minimum Gasteiger partial charge on any atom is -0.324 e. The molecule has 1 aliphatic heterocycles. The topological polar surface area (TPSA) is 62.7 Å². The highest BCUT2D eigenvalue weighted by Gasteiger charge is 2.15. The third-order valence-corrected chi connectivity index (χ3v) is 3.12. The Morgan fingerprint density at radius 1 is 1.11 bits per heavy atom. The molecular formula is C13H15N5. The zero-order valence-corrected chi connectivity index (χ0v) is 10.0. The minimum atomic E-state index is 0.510. The van der Waals surface area contributed by atoms with Crippen LogP contribution in [0.3, 0.4) is 0 Å². The van der Waals surface area contributed by atoms with Crippen LogP contribution in [-0.4, -0.2) is 21.5 Å². The Morgan fingerprint density at radius 3 is 2.56 bits per heavy atom. The smallest absolute Gasteiger partial charge is 0.230 e. The van der Waals surface area contributed by atoms with E-state index in [0.717, 1.165) is 12.2 Å². The van der Waals surface area contributed by atoms with Crippen molar-refractivity contribution in [2.24, 2.45) is 0 Å². The normalized spacial score (nSPS) is 18.8.